The normalized spacial score (nSPS) is 34.7. The van der Waals surface area contributed by atoms with Gasteiger partial charge in [0.2, 0.25) is 17.7 Å². The zero-order chi connectivity index (χ0) is 27.2. The number of rotatable bonds is 6. The van der Waals surface area contributed by atoms with Gasteiger partial charge in [-0.2, -0.15) is 0 Å². The third kappa shape index (κ3) is 4.06. The molecular weight excluding hydrogens is 494 g/mol. The van der Waals surface area contributed by atoms with Crippen LogP contribution in [0.3, 0.4) is 0 Å². The molecule has 1 N–H and O–H groups in total. The molecule has 208 valence electrons. The average molecular weight is 534 g/mol. The summed E-state index contributed by atoms with van der Waals surface area (Å²) in [5, 5.41) is 9.94. The third-order valence-corrected chi connectivity index (χ3v) is 9.63. The van der Waals surface area contributed by atoms with Gasteiger partial charge in [0.05, 0.1) is 24.0 Å². The molecule has 0 radical (unpaired) electrons. The van der Waals surface area contributed by atoms with Crippen molar-refractivity contribution in [3.63, 3.8) is 0 Å². The minimum Gasteiger partial charge on any atom is -0.395 e. The lowest BCUT2D eigenvalue weighted by molar-refractivity contribution is -0.156. The third-order valence-electron chi connectivity index (χ3n) is 9.63. The van der Waals surface area contributed by atoms with Crippen LogP contribution in [0, 0.1) is 11.8 Å². The van der Waals surface area contributed by atoms with Gasteiger partial charge in [-0.05, 0) is 24.8 Å². The minimum absolute atomic E-state index is 0.0345. The zero-order valence-corrected chi connectivity index (χ0v) is 22.7. The Hall–Kier alpha value is -2.97. The van der Waals surface area contributed by atoms with Gasteiger partial charge in [-0.25, -0.2) is 0 Å². The molecule has 8 nitrogen and oxygen atoms in total. The number of aliphatic hydroxyl groups excluding tert-OH is 1. The van der Waals surface area contributed by atoms with E-state index in [1.165, 1.54) is 11.3 Å². The van der Waals surface area contributed by atoms with E-state index in [1.807, 2.05) is 66.5 Å². The molecular formula is C31H39N3O5. The van der Waals surface area contributed by atoms with Crippen LogP contribution in [0.2, 0.25) is 0 Å². The quantitative estimate of drug-likeness (QED) is 0.568. The van der Waals surface area contributed by atoms with Crippen molar-refractivity contribution in [3.8, 4) is 0 Å². The number of fused-ring (bicyclic) bond motifs is 2. The number of hydrogen-bond donors (Lipinski definition) is 1. The van der Waals surface area contributed by atoms with Gasteiger partial charge >= 0.3 is 0 Å². The van der Waals surface area contributed by atoms with Gasteiger partial charge in [-0.1, -0.05) is 80.8 Å². The van der Waals surface area contributed by atoms with Crippen molar-refractivity contribution in [3.05, 3.63) is 60.2 Å². The van der Waals surface area contributed by atoms with Crippen LogP contribution in [0.25, 0.3) is 0 Å². The molecule has 0 bridgehead atoms. The standard InChI is InChI=1S/C31H39N3O5/c1-2-30-15-9-17-32(21-22-11-5-3-6-12-22)27(36)24(30)25-28(37)34(19-20-35)26-29(38)33(23-13-7-4-8-14-23)18-10-16-31(25,26)39-30/h3,5-6,9-12,15-16,23-26,35H,2,4,7-8,13-14,17-21H2,1H3/t24-,25+,26?,30+,31+/m1/s1. The fourth-order valence-electron chi connectivity index (χ4n) is 7.84. The molecule has 1 spiro atoms. The molecule has 5 atom stereocenters. The molecule has 4 heterocycles. The van der Waals surface area contributed by atoms with E-state index in [2.05, 4.69) is 0 Å². The van der Waals surface area contributed by atoms with E-state index in [0.29, 0.717) is 26.1 Å². The summed E-state index contributed by atoms with van der Waals surface area (Å²) in [6.07, 6.45) is 13.6. The molecule has 39 heavy (non-hydrogen) atoms. The van der Waals surface area contributed by atoms with Crippen molar-refractivity contribution >= 4 is 17.7 Å². The van der Waals surface area contributed by atoms with Crippen LogP contribution in [0.1, 0.15) is 51.0 Å². The summed E-state index contributed by atoms with van der Waals surface area (Å²) in [4.78, 5) is 48.2. The monoisotopic (exact) mass is 533 g/mol. The van der Waals surface area contributed by atoms with Crippen LogP contribution in [-0.4, -0.2) is 87.1 Å². The maximum absolute atomic E-state index is 14.4. The van der Waals surface area contributed by atoms with E-state index in [1.54, 1.807) is 4.90 Å². The lowest BCUT2D eigenvalue weighted by Gasteiger charge is -2.40. The summed E-state index contributed by atoms with van der Waals surface area (Å²) in [5.74, 6) is -2.13. The van der Waals surface area contributed by atoms with Gasteiger partial charge in [0.25, 0.3) is 0 Å². The molecule has 0 aromatic heterocycles. The Balaban J connectivity index is 1.42. The maximum Gasteiger partial charge on any atom is 0.249 e. The Bertz CT molecular complexity index is 1180. The molecule has 1 aromatic rings. The van der Waals surface area contributed by atoms with Crippen LogP contribution in [0.15, 0.2) is 54.6 Å². The highest BCUT2D eigenvalue weighted by atomic mass is 16.5. The Kier molecular flexibility index (Phi) is 6.88. The van der Waals surface area contributed by atoms with Crippen LogP contribution in [-0.2, 0) is 25.7 Å². The second-order valence-corrected chi connectivity index (χ2v) is 11.7. The van der Waals surface area contributed by atoms with Gasteiger partial charge in [0.15, 0.2) is 0 Å². The van der Waals surface area contributed by atoms with Gasteiger partial charge < -0.3 is 24.5 Å². The Morgan fingerprint density at radius 3 is 2.38 bits per heavy atom. The Labute approximate surface area is 230 Å². The summed E-state index contributed by atoms with van der Waals surface area (Å²) in [5.41, 5.74) is -1.23. The number of hydrogen-bond acceptors (Lipinski definition) is 5. The number of ether oxygens (including phenoxy) is 1. The number of nitrogens with zero attached hydrogens (tertiary/aromatic N) is 3. The topological polar surface area (TPSA) is 90.4 Å². The molecule has 2 saturated heterocycles. The first-order chi connectivity index (χ1) is 19.0. The summed E-state index contributed by atoms with van der Waals surface area (Å²) in [7, 11) is 0. The second-order valence-electron chi connectivity index (χ2n) is 11.7. The van der Waals surface area contributed by atoms with E-state index < -0.39 is 29.1 Å². The van der Waals surface area contributed by atoms with E-state index in [4.69, 9.17) is 4.74 Å². The summed E-state index contributed by atoms with van der Waals surface area (Å²) in [6, 6.07) is 9.07. The maximum atomic E-state index is 14.4. The number of benzene rings is 1. The second kappa shape index (κ2) is 10.2. The number of β-amino-alcohol motifs (C(OH)–C–C–N with tert-alkyl or cyclic N) is 1. The lowest BCUT2D eigenvalue weighted by atomic mass is 9.73. The first kappa shape index (κ1) is 26.3. The molecule has 1 aliphatic carbocycles. The first-order valence-electron chi connectivity index (χ1n) is 14.6. The predicted molar refractivity (Wildman–Crippen MR) is 145 cm³/mol. The fourth-order valence-corrected chi connectivity index (χ4v) is 7.84. The number of aliphatic hydroxyl groups is 1. The van der Waals surface area contributed by atoms with Crippen molar-refractivity contribution in [2.45, 2.75) is 75.3 Å². The summed E-state index contributed by atoms with van der Waals surface area (Å²) >= 11 is 0. The number of carbonyl (C=O) groups is 3. The van der Waals surface area contributed by atoms with E-state index in [0.717, 1.165) is 31.2 Å². The van der Waals surface area contributed by atoms with Gasteiger partial charge in [0.1, 0.15) is 11.6 Å². The Morgan fingerprint density at radius 1 is 0.923 bits per heavy atom. The average Bonchev–Trinajstić information content (AvgIpc) is 3.24. The first-order valence-corrected chi connectivity index (χ1v) is 14.6. The SMILES string of the molecule is CC[C@]12C=CCN(Cc3ccccc3)C(=O)[C@H]1[C@H]1C(=O)N(CCO)C3C(=O)N(C4CCCCC4)CC=C[C@@]31O2. The molecule has 4 aliphatic heterocycles. The zero-order valence-electron chi connectivity index (χ0n) is 22.7. The van der Waals surface area contributed by atoms with Crippen molar-refractivity contribution in [1.82, 2.24) is 14.7 Å². The fraction of sp³-hybridized carbons (Fsp3) is 0.581. The van der Waals surface area contributed by atoms with Gasteiger partial charge in [0, 0.05) is 32.2 Å². The predicted octanol–water partition coefficient (Wildman–Crippen LogP) is 2.67. The smallest absolute Gasteiger partial charge is 0.249 e. The van der Waals surface area contributed by atoms with Gasteiger partial charge in [-0.3, -0.25) is 14.4 Å². The summed E-state index contributed by atoms with van der Waals surface area (Å²) in [6.45, 7) is 3.08. The van der Waals surface area contributed by atoms with Crippen LogP contribution in [0.5, 0.6) is 0 Å². The van der Waals surface area contributed by atoms with Crippen molar-refractivity contribution in [2.24, 2.45) is 11.8 Å². The molecule has 3 fully saturated rings. The Morgan fingerprint density at radius 2 is 1.67 bits per heavy atom. The minimum atomic E-state index is -1.26. The number of amides is 3. The van der Waals surface area contributed by atoms with Gasteiger partial charge in [-0.15, -0.1) is 0 Å². The highest BCUT2D eigenvalue weighted by Crippen LogP contribution is 2.58. The van der Waals surface area contributed by atoms with E-state index in [9.17, 15) is 19.5 Å². The number of likely N-dealkylation sites (tertiary alicyclic amines) is 1. The molecule has 1 aromatic carbocycles. The number of carbonyl (C=O) groups excluding carboxylic acids is 3. The van der Waals surface area contributed by atoms with Crippen LogP contribution >= 0.6 is 0 Å². The van der Waals surface area contributed by atoms with Crippen LogP contribution < -0.4 is 0 Å². The van der Waals surface area contributed by atoms with E-state index in [-0.39, 0.29) is 36.9 Å². The molecule has 1 saturated carbocycles. The molecule has 1 unspecified atom stereocenters. The molecule has 8 heteroatoms. The highest BCUT2D eigenvalue weighted by Gasteiger charge is 2.75. The van der Waals surface area contributed by atoms with Crippen LogP contribution in [0.4, 0.5) is 0 Å². The largest absolute Gasteiger partial charge is 0.395 e. The van der Waals surface area contributed by atoms with E-state index >= 15 is 0 Å². The van der Waals surface area contributed by atoms with Crippen molar-refractivity contribution in [2.75, 3.05) is 26.2 Å². The van der Waals surface area contributed by atoms with Crippen molar-refractivity contribution < 1.29 is 24.2 Å². The molecule has 5 aliphatic rings. The molecule has 3 amide bonds. The lowest BCUT2D eigenvalue weighted by Crippen LogP contribution is -2.58. The highest BCUT2D eigenvalue weighted by molar-refractivity contribution is 6.00. The molecule has 6 rings (SSSR count). The summed E-state index contributed by atoms with van der Waals surface area (Å²) < 4.78 is 6.99. The van der Waals surface area contributed by atoms with Crippen molar-refractivity contribution in [1.29, 1.82) is 0 Å².